The normalized spacial score (nSPS) is 16.3. The highest BCUT2D eigenvalue weighted by molar-refractivity contribution is 5.81. The van der Waals surface area contributed by atoms with Crippen molar-refractivity contribution in [2.75, 3.05) is 20.2 Å². The number of carbonyl (C=O) groups is 2. The molecule has 0 radical (unpaired) electrons. The summed E-state index contributed by atoms with van der Waals surface area (Å²) in [5, 5.41) is 2.40. The highest BCUT2D eigenvalue weighted by atomic mass is 19.4. The van der Waals surface area contributed by atoms with Gasteiger partial charge in [0.2, 0.25) is 0 Å². The van der Waals surface area contributed by atoms with Gasteiger partial charge in [0.25, 0.3) is 0 Å². The van der Waals surface area contributed by atoms with Gasteiger partial charge in [-0.3, -0.25) is 4.79 Å². The van der Waals surface area contributed by atoms with Gasteiger partial charge >= 0.3 is 18.4 Å². The van der Waals surface area contributed by atoms with Crippen molar-refractivity contribution in [3.05, 3.63) is 47.5 Å². The molecule has 1 atom stereocenters. The number of esters is 1. The molecule has 3 rings (SSSR count). The maximum Gasteiger partial charge on any atom is 0.573 e. The number of para-hydroxylation sites is 1. The van der Waals surface area contributed by atoms with Crippen molar-refractivity contribution >= 4 is 12.0 Å². The summed E-state index contributed by atoms with van der Waals surface area (Å²) in [7, 11) is 1.18. The zero-order valence-corrected chi connectivity index (χ0v) is 14.7. The third kappa shape index (κ3) is 4.18. The average Bonchev–Trinajstić information content (AvgIpc) is 3.13. The molecule has 0 spiro atoms. The molecule has 2 aromatic rings. The van der Waals surface area contributed by atoms with Crippen LogP contribution >= 0.6 is 0 Å². The molecule has 11 heteroatoms. The minimum Gasteiger partial charge on any atom is -0.468 e. The fourth-order valence-corrected chi connectivity index (χ4v) is 3.06. The molecule has 1 aliphatic rings. The van der Waals surface area contributed by atoms with Crippen LogP contribution in [-0.4, -0.2) is 53.4 Å². The van der Waals surface area contributed by atoms with E-state index in [9.17, 15) is 22.8 Å². The number of H-pyrrole nitrogens is 1. The van der Waals surface area contributed by atoms with Gasteiger partial charge in [0, 0.05) is 24.2 Å². The summed E-state index contributed by atoms with van der Waals surface area (Å²) in [6.45, 7) is -0.167. The molecule has 2 heterocycles. The van der Waals surface area contributed by atoms with E-state index in [0.717, 1.165) is 0 Å². The highest BCUT2D eigenvalue weighted by Gasteiger charge is 2.38. The monoisotopic (exact) mass is 398 g/mol. The van der Waals surface area contributed by atoms with E-state index in [-0.39, 0.29) is 18.7 Å². The summed E-state index contributed by atoms with van der Waals surface area (Å²) >= 11 is 0. The van der Waals surface area contributed by atoms with E-state index in [1.165, 1.54) is 36.5 Å². The molecule has 0 fully saturated rings. The number of urea groups is 1. The first-order valence-corrected chi connectivity index (χ1v) is 8.28. The number of hydrogen-bond acceptors (Lipinski definition) is 5. The van der Waals surface area contributed by atoms with E-state index in [0.29, 0.717) is 17.8 Å². The number of rotatable bonds is 4. The lowest BCUT2D eigenvalue weighted by molar-refractivity contribution is -0.275. The highest BCUT2D eigenvalue weighted by Crippen LogP contribution is 2.39. The maximum atomic E-state index is 12.8. The van der Waals surface area contributed by atoms with Crippen LogP contribution in [0.25, 0.3) is 0 Å². The topological polar surface area (TPSA) is 96.6 Å². The van der Waals surface area contributed by atoms with Gasteiger partial charge in [0.15, 0.2) is 0 Å². The molecular weight excluding hydrogens is 381 g/mol. The van der Waals surface area contributed by atoms with Crippen LogP contribution < -0.4 is 10.1 Å². The number of nitrogens with one attached hydrogen (secondary N) is 2. The summed E-state index contributed by atoms with van der Waals surface area (Å²) in [5.74, 6) is -1.08. The number of fused-ring (bicyclic) bond motifs is 1. The second-order valence-electron chi connectivity index (χ2n) is 5.93. The summed E-state index contributed by atoms with van der Waals surface area (Å²) in [5.41, 5.74) is 1.25. The Morgan fingerprint density at radius 2 is 2.11 bits per heavy atom. The van der Waals surface area contributed by atoms with Crippen molar-refractivity contribution in [1.82, 2.24) is 20.2 Å². The number of nitrogens with zero attached hydrogens (tertiary/aromatic N) is 2. The Hall–Kier alpha value is -3.24. The van der Waals surface area contributed by atoms with Crippen LogP contribution in [0, 0.1) is 0 Å². The van der Waals surface area contributed by atoms with E-state index in [2.05, 4.69) is 24.8 Å². The lowest BCUT2D eigenvalue weighted by Crippen LogP contribution is -2.47. The van der Waals surface area contributed by atoms with Crippen LogP contribution in [0.5, 0.6) is 5.75 Å². The minimum absolute atomic E-state index is 0.126. The van der Waals surface area contributed by atoms with Crippen LogP contribution in [0.1, 0.15) is 23.0 Å². The molecule has 0 saturated heterocycles. The molecule has 1 aromatic heterocycles. The van der Waals surface area contributed by atoms with Crippen LogP contribution in [0.2, 0.25) is 0 Å². The quantitative estimate of drug-likeness (QED) is 0.770. The Balaban J connectivity index is 1.97. The van der Waals surface area contributed by atoms with E-state index in [4.69, 9.17) is 0 Å². The first-order chi connectivity index (χ1) is 13.3. The first kappa shape index (κ1) is 19.5. The number of halogens is 3. The molecular formula is C17H17F3N4O4. The molecule has 0 unspecified atom stereocenters. The third-order valence-electron chi connectivity index (χ3n) is 4.24. The molecule has 0 bridgehead atoms. The summed E-state index contributed by atoms with van der Waals surface area (Å²) < 4.78 is 47.2. The van der Waals surface area contributed by atoms with E-state index in [1.807, 2.05) is 0 Å². The molecule has 0 aliphatic carbocycles. The Bertz CT molecular complexity index is 868. The molecule has 1 aromatic carbocycles. The average molecular weight is 398 g/mol. The van der Waals surface area contributed by atoms with Gasteiger partial charge in [-0.05, 0) is 6.07 Å². The first-order valence-electron chi connectivity index (χ1n) is 8.28. The number of aromatic amines is 1. The number of benzene rings is 1. The Kier molecular flexibility index (Phi) is 5.43. The van der Waals surface area contributed by atoms with Gasteiger partial charge in [0.05, 0.1) is 19.1 Å². The number of imidazole rings is 1. The van der Waals surface area contributed by atoms with Crippen molar-refractivity contribution in [1.29, 1.82) is 0 Å². The van der Waals surface area contributed by atoms with Crippen LogP contribution in [0.4, 0.5) is 18.0 Å². The van der Waals surface area contributed by atoms with Crippen molar-refractivity contribution < 1.29 is 32.2 Å². The largest absolute Gasteiger partial charge is 0.573 e. The molecule has 150 valence electrons. The number of methoxy groups -OCH3 is 1. The smallest absolute Gasteiger partial charge is 0.468 e. The zero-order chi connectivity index (χ0) is 20.3. The standard InChI is InChI=1S/C17H17F3N4O4/c1-27-13(25)8-21-16(26)24-7-6-11-14(23-9-22-11)15(24)10-4-2-3-5-12(10)28-17(18,19)20/h2-5,9,15H,6-8H2,1H3,(H,21,26)(H,22,23)/t15-/m1/s1. The number of carbonyl (C=O) groups excluding carboxylic acids is 2. The van der Waals surface area contributed by atoms with Crippen molar-refractivity contribution in [3.8, 4) is 5.75 Å². The lowest BCUT2D eigenvalue weighted by Gasteiger charge is -2.35. The van der Waals surface area contributed by atoms with E-state index >= 15 is 0 Å². The van der Waals surface area contributed by atoms with Crippen LogP contribution in [0.15, 0.2) is 30.6 Å². The van der Waals surface area contributed by atoms with Gasteiger partial charge in [-0.15, -0.1) is 13.2 Å². The fourth-order valence-electron chi connectivity index (χ4n) is 3.06. The van der Waals surface area contributed by atoms with Crippen LogP contribution in [-0.2, 0) is 16.0 Å². The number of ether oxygens (including phenoxy) is 2. The Morgan fingerprint density at radius 1 is 1.36 bits per heavy atom. The molecule has 2 N–H and O–H groups in total. The molecule has 8 nitrogen and oxygen atoms in total. The summed E-state index contributed by atoms with van der Waals surface area (Å²) in [4.78, 5) is 32.4. The van der Waals surface area contributed by atoms with Gasteiger partial charge in [-0.25, -0.2) is 9.78 Å². The van der Waals surface area contributed by atoms with Crippen molar-refractivity contribution in [2.24, 2.45) is 0 Å². The predicted molar refractivity (Wildman–Crippen MR) is 89.4 cm³/mol. The SMILES string of the molecule is COC(=O)CNC(=O)N1CCc2[nH]cnc2[C@H]1c1ccccc1OC(F)(F)F. The summed E-state index contributed by atoms with van der Waals surface area (Å²) in [6.07, 6.45) is -3.04. The minimum atomic E-state index is -4.89. The molecule has 1 aliphatic heterocycles. The van der Waals surface area contributed by atoms with Gasteiger partial charge in [-0.1, -0.05) is 18.2 Å². The van der Waals surface area contributed by atoms with Crippen molar-refractivity contribution in [2.45, 2.75) is 18.8 Å². The lowest BCUT2D eigenvalue weighted by atomic mass is 9.95. The number of aromatic nitrogens is 2. The van der Waals surface area contributed by atoms with Crippen LogP contribution in [0.3, 0.4) is 0 Å². The fraction of sp³-hybridized carbons (Fsp3) is 0.353. The number of alkyl halides is 3. The van der Waals surface area contributed by atoms with Crippen molar-refractivity contribution in [3.63, 3.8) is 0 Å². The predicted octanol–water partition coefficient (Wildman–Crippen LogP) is 2.14. The Labute approximate surface area is 157 Å². The second-order valence-corrected chi connectivity index (χ2v) is 5.93. The Morgan fingerprint density at radius 3 is 2.82 bits per heavy atom. The molecule has 2 amide bonds. The zero-order valence-electron chi connectivity index (χ0n) is 14.7. The molecule has 28 heavy (non-hydrogen) atoms. The second kappa shape index (κ2) is 7.79. The van der Waals surface area contributed by atoms with E-state index < -0.39 is 30.2 Å². The third-order valence-corrected chi connectivity index (χ3v) is 4.24. The molecule has 0 saturated carbocycles. The van der Waals surface area contributed by atoms with Gasteiger partial charge in [0.1, 0.15) is 18.3 Å². The number of hydrogen-bond donors (Lipinski definition) is 2. The number of amides is 2. The maximum absolute atomic E-state index is 12.8. The summed E-state index contributed by atoms with van der Waals surface area (Å²) in [6, 6.07) is 4.01. The van der Waals surface area contributed by atoms with E-state index in [1.54, 1.807) is 6.07 Å². The van der Waals surface area contributed by atoms with Gasteiger partial charge < -0.3 is 24.7 Å². The van der Waals surface area contributed by atoms with Gasteiger partial charge in [-0.2, -0.15) is 0 Å².